The first-order valence-electron chi connectivity index (χ1n) is 8.09. The number of carbonyl (C=O) groups excluding carboxylic acids is 2. The lowest BCUT2D eigenvalue weighted by Crippen LogP contribution is -2.34. The Balaban J connectivity index is 1.72. The minimum Gasteiger partial charge on any atom is -0.497 e. The summed E-state index contributed by atoms with van der Waals surface area (Å²) in [4.78, 5) is 27.1. The van der Waals surface area contributed by atoms with Gasteiger partial charge < -0.3 is 14.6 Å². The van der Waals surface area contributed by atoms with Crippen LogP contribution in [0.5, 0.6) is 11.5 Å². The lowest BCUT2D eigenvalue weighted by molar-refractivity contribution is -0.137. The zero-order valence-corrected chi connectivity index (χ0v) is 14.6. The maximum atomic E-state index is 12.6. The van der Waals surface area contributed by atoms with Crippen molar-refractivity contribution in [3.8, 4) is 11.5 Å². The van der Waals surface area contributed by atoms with E-state index in [9.17, 15) is 14.7 Å². The van der Waals surface area contributed by atoms with Gasteiger partial charge in [0.2, 0.25) is 6.23 Å². The van der Waals surface area contributed by atoms with Crippen molar-refractivity contribution in [1.82, 2.24) is 9.80 Å². The second kappa shape index (κ2) is 7.45. The Bertz CT molecular complexity index is 789. The Morgan fingerprint density at radius 2 is 1.31 bits per heavy atom. The highest BCUT2D eigenvalue weighted by Gasteiger charge is 2.43. The third kappa shape index (κ3) is 3.48. The molecule has 1 unspecified atom stereocenters. The van der Waals surface area contributed by atoms with Crippen molar-refractivity contribution in [2.24, 2.45) is 0 Å². The van der Waals surface area contributed by atoms with Crippen molar-refractivity contribution in [1.29, 1.82) is 0 Å². The van der Waals surface area contributed by atoms with E-state index in [0.29, 0.717) is 11.5 Å². The van der Waals surface area contributed by atoms with E-state index in [1.807, 2.05) is 0 Å². The average Bonchev–Trinajstić information content (AvgIpc) is 2.87. The van der Waals surface area contributed by atoms with Crippen LogP contribution in [0.25, 0.3) is 0 Å². The van der Waals surface area contributed by atoms with Crippen LogP contribution in [0.1, 0.15) is 11.1 Å². The summed E-state index contributed by atoms with van der Waals surface area (Å²) in [6, 6.07) is 13.6. The van der Waals surface area contributed by atoms with Gasteiger partial charge in [-0.05, 0) is 35.4 Å². The standard InChI is InChI=1S/C19H20N2O5/c1-25-15-7-3-13(4-8-15)11-20-17(22)18(23)21(19(20)24)12-14-5-9-16(26-2)10-6-14/h3-10,17,22H,11-12H2,1-2H3. The Morgan fingerprint density at radius 1 is 0.846 bits per heavy atom. The number of amides is 3. The third-order valence-electron chi connectivity index (χ3n) is 4.27. The van der Waals surface area contributed by atoms with E-state index >= 15 is 0 Å². The fourth-order valence-corrected chi connectivity index (χ4v) is 2.77. The largest absolute Gasteiger partial charge is 0.497 e. The first kappa shape index (κ1) is 17.8. The highest BCUT2D eigenvalue weighted by molar-refractivity contribution is 6.03. The van der Waals surface area contributed by atoms with E-state index in [0.717, 1.165) is 20.9 Å². The van der Waals surface area contributed by atoms with E-state index in [2.05, 4.69) is 0 Å². The number of imide groups is 1. The molecule has 0 bridgehead atoms. The average molecular weight is 356 g/mol. The molecule has 0 radical (unpaired) electrons. The van der Waals surface area contributed by atoms with E-state index in [1.165, 1.54) is 0 Å². The molecular formula is C19H20N2O5. The molecule has 1 fully saturated rings. The molecule has 1 atom stereocenters. The number of rotatable bonds is 6. The number of ether oxygens (including phenoxy) is 2. The predicted octanol–water partition coefficient (Wildman–Crippen LogP) is 1.99. The molecule has 2 aromatic rings. The zero-order chi connectivity index (χ0) is 18.7. The summed E-state index contributed by atoms with van der Waals surface area (Å²) in [5.74, 6) is 0.757. The number of benzene rings is 2. The van der Waals surface area contributed by atoms with Crippen LogP contribution in [0.3, 0.4) is 0 Å². The molecule has 0 spiro atoms. The van der Waals surface area contributed by atoms with Gasteiger partial charge in [-0.2, -0.15) is 0 Å². The van der Waals surface area contributed by atoms with Gasteiger partial charge in [-0.15, -0.1) is 0 Å². The van der Waals surface area contributed by atoms with Gasteiger partial charge >= 0.3 is 6.03 Å². The second-order valence-electron chi connectivity index (χ2n) is 5.90. The zero-order valence-electron chi connectivity index (χ0n) is 14.6. The van der Waals surface area contributed by atoms with Gasteiger partial charge in [0, 0.05) is 0 Å². The maximum absolute atomic E-state index is 12.6. The van der Waals surface area contributed by atoms with E-state index in [4.69, 9.17) is 9.47 Å². The molecule has 26 heavy (non-hydrogen) atoms. The molecule has 136 valence electrons. The predicted molar refractivity (Wildman–Crippen MR) is 93.5 cm³/mol. The van der Waals surface area contributed by atoms with Crippen LogP contribution in [0.15, 0.2) is 48.5 Å². The van der Waals surface area contributed by atoms with Crippen LogP contribution in [-0.4, -0.2) is 47.3 Å². The quantitative estimate of drug-likeness (QED) is 0.801. The summed E-state index contributed by atoms with van der Waals surface area (Å²) in [5, 5.41) is 10.2. The molecule has 0 aromatic heterocycles. The Kier molecular flexibility index (Phi) is 5.09. The molecule has 7 heteroatoms. The lowest BCUT2D eigenvalue weighted by Gasteiger charge is -2.18. The normalized spacial score (nSPS) is 17.0. The van der Waals surface area contributed by atoms with Crippen molar-refractivity contribution in [2.75, 3.05) is 14.2 Å². The van der Waals surface area contributed by atoms with Crippen LogP contribution >= 0.6 is 0 Å². The third-order valence-corrected chi connectivity index (χ3v) is 4.27. The number of aliphatic hydroxyl groups excluding tert-OH is 1. The van der Waals surface area contributed by atoms with Crippen LogP contribution in [-0.2, 0) is 17.9 Å². The van der Waals surface area contributed by atoms with Gasteiger partial charge in [-0.25, -0.2) is 4.79 Å². The van der Waals surface area contributed by atoms with Gasteiger partial charge in [0.25, 0.3) is 5.91 Å². The Morgan fingerprint density at radius 3 is 1.77 bits per heavy atom. The molecule has 1 aliphatic rings. The molecule has 1 N–H and O–H groups in total. The highest BCUT2D eigenvalue weighted by atomic mass is 16.5. The highest BCUT2D eigenvalue weighted by Crippen LogP contribution is 2.23. The molecule has 1 aliphatic heterocycles. The van der Waals surface area contributed by atoms with E-state index < -0.39 is 18.2 Å². The summed E-state index contributed by atoms with van der Waals surface area (Å²) in [5.41, 5.74) is 1.56. The topological polar surface area (TPSA) is 79.3 Å². The Labute approximate surface area is 151 Å². The van der Waals surface area contributed by atoms with Gasteiger partial charge in [-0.3, -0.25) is 14.6 Å². The molecule has 0 saturated carbocycles. The molecule has 7 nitrogen and oxygen atoms in total. The Hall–Kier alpha value is -3.06. The minimum absolute atomic E-state index is 0.0951. The molecule has 3 amide bonds. The first-order valence-corrected chi connectivity index (χ1v) is 8.09. The van der Waals surface area contributed by atoms with Gasteiger partial charge in [-0.1, -0.05) is 24.3 Å². The number of hydrogen-bond donors (Lipinski definition) is 1. The number of urea groups is 1. The monoisotopic (exact) mass is 356 g/mol. The smallest absolute Gasteiger partial charge is 0.329 e. The van der Waals surface area contributed by atoms with Crippen molar-refractivity contribution in [3.05, 3.63) is 59.7 Å². The van der Waals surface area contributed by atoms with Gasteiger partial charge in [0.1, 0.15) is 11.5 Å². The molecule has 2 aromatic carbocycles. The molecule has 1 saturated heterocycles. The summed E-state index contributed by atoms with van der Waals surface area (Å²) < 4.78 is 10.2. The second-order valence-corrected chi connectivity index (χ2v) is 5.90. The van der Waals surface area contributed by atoms with E-state index in [-0.39, 0.29) is 13.1 Å². The first-order chi connectivity index (χ1) is 12.5. The van der Waals surface area contributed by atoms with Gasteiger partial charge in [0.05, 0.1) is 27.3 Å². The molecule has 3 rings (SSSR count). The fraction of sp³-hybridized carbons (Fsp3) is 0.263. The SMILES string of the molecule is COc1ccc(CN2C(=O)C(O)N(Cc3ccc(OC)cc3)C2=O)cc1. The minimum atomic E-state index is -1.48. The summed E-state index contributed by atoms with van der Waals surface area (Å²) in [6.45, 7) is 0.229. The van der Waals surface area contributed by atoms with Crippen molar-refractivity contribution in [3.63, 3.8) is 0 Å². The van der Waals surface area contributed by atoms with Crippen molar-refractivity contribution >= 4 is 11.9 Å². The number of carbonyl (C=O) groups is 2. The number of methoxy groups -OCH3 is 2. The lowest BCUT2D eigenvalue weighted by atomic mass is 10.2. The van der Waals surface area contributed by atoms with Crippen molar-refractivity contribution in [2.45, 2.75) is 19.3 Å². The van der Waals surface area contributed by atoms with Crippen LogP contribution < -0.4 is 9.47 Å². The van der Waals surface area contributed by atoms with Crippen LogP contribution in [0.2, 0.25) is 0 Å². The van der Waals surface area contributed by atoms with Gasteiger partial charge in [0.15, 0.2) is 0 Å². The molecular weight excluding hydrogens is 336 g/mol. The summed E-state index contributed by atoms with van der Waals surface area (Å²) >= 11 is 0. The summed E-state index contributed by atoms with van der Waals surface area (Å²) in [6.07, 6.45) is -1.48. The molecule has 0 aliphatic carbocycles. The van der Waals surface area contributed by atoms with Crippen molar-refractivity contribution < 1.29 is 24.2 Å². The van der Waals surface area contributed by atoms with E-state index in [1.54, 1.807) is 62.8 Å². The molecule has 1 heterocycles. The summed E-state index contributed by atoms with van der Waals surface area (Å²) in [7, 11) is 3.13. The number of nitrogens with zero attached hydrogens (tertiary/aromatic N) is 2. The number of aliphatic hydroxyl groups is 1. The van der Waals surface area contributed by atoms with Crippen LogP contribution in [0.4, 0.5) is 4.79 Å². The number of hydrogen-bond acceptors (Lipinski definition) is 5. The van der Waals surface area contributed by atoms with Crippen LogP contribution in [0, 0.1) is 0 Å². The maximum Gasteiger partial charge on any atom is 0.329 e. The fourth-order valence-electron chi connectivity index (χ4n) is 2.77.